The van der Waals surface area contributed by atoms with Crippen LogP contribution in [0.5, 0.6) is 0 Å². The molecule has 0 unspecified atom stereocenters. The van der Waals surface area contributed by atoms with Gasteiger partial charge in [-0.15, -0.1) is 0 Å². The molecular formula is C14H17N5O3S. The Hall–Kier alpha value is -2.23. The third kappa shape index (κ3) is 2.98. The van der Waals surface area contributed by atoms with Crippen molar-refractivity contribution in [3.8, 4) is 11.3 Å². The lowest BCUT2D eigenvalue weighted by Gasteiger charge is -2.13. The molecule has 2 aromatic rings. The number of nitrogens with zero attached hydrogens (tertiary/aromatic N) is 2. The van der Waals surface area contributed by atoms with Crippen LogP contribution in [0.3, 0.4) is 0 Å². The Morgan fingerprint density at radius 3 is 2.78 bits per heavy atom. The number of anilines is 1. The number of carbonyl (C=O) groups excluding carboxylic acids is 1. The molecule has 9 heteroatoms. The van der Waals surface area contributed by atoms with Crippen molar-refractivity contribution in [1.82, 2.24) is 14.5 Å². The zero-order chi connectivity index (χ0) is 16.8. The second kappa shape index (κ2) is 5.44. The molecule has 2 heterocycles. The van der Waals surface area contributed by atoms with Gasteiger partial charge in [0, 0.05) is 24.6 Å². The van der Waals surface area contributed by atoms with Crippen molar-refractivity contribution in [2.24, 2.45) is 5.14 Å². The van der Waals surface area contributed by atoms with Gasteiger partial charge in [-0.05, 0) is 19.1 Å². The summed E-state index contributed by atoms with van der Waals surface area (Å²) in [6.45, 7) is 3.70. The smallest absolute Gasteiger partial charge is 0.277 e. The number of hydrogen-bond acceptors (Lipinski definition) is 4. The summed E-state index contributed by atoms with van der Waals surface area (Å²) in [6, 6.07) is 5.60. The fourth-order valence-corrected chi connectivity index (χ4v) is 3.28. The molecule has 1 amide bonds. The summed E-state index contributed by atoms with van der Waals surface area (Å²) < 4.78 is 24.2. The molecule has 1 aliphatic heterocycles. The molecule has 23 heavy (non-hydrogen) atoms. The van der Waals surface area contributed by atoms with Gasteiger partial charge in [-0.3, -0.25) is 9.89 Å². The van der Waals surface area contributed by atoms with E-state index in [-0.39, 0.29) is 19.0 Å². The van der Waals surface area contributed by atoms with Crippen molar-refractivity contribution < 1.29 is 13.2 Å². The first kappa shape index (κ1) is 15.7. The van der Waals surface area contributed by atoms with Gasteiger partial charge in [-0.1, -0.05) is 11.6 Å². The van der Waals surface area contributed by atoms with Gasteiger partial charge in [0.1, 0.15) is 0 Å². The van der Waals surface area contributed by atoms with Crippen LogP contribution in [0.1, 0.15) is 23.7 Å². The monoisotopic (exact) mass is 335 g/mol. The summed E-state index contributed by atoms with van der Waals surface area (Å²) >= 11 is 0. The van der Waals surface area contributed by atoms with Gasteiger partial charge in [0.2, 0.25) is 5.91 Å². The van der Waals surface area contributed by atoms with Gasteiger partial charge < -0.3 is 5.32 Å². The molecule has 0 saturated heterocycles. The van der Waals surface area contributed by atoms with Crippen LogP contribution in [-0.4, -0.2) is 28.8 Å². The maximum atomic E-state index is 11.5. The van der Waals surface area contributed by atoms with Gasteiger partial charge in [-0.25, -0.2) is 5.14 Å². The van der Waals surface area contributed by atoms with E-state index in [2.05, 4.69) is 15.5 Å². The number of carbonyl (C=O) groups is 1. The van der Waals surface area contributed by atoms with Gasteiger partial charge in [0.25, 0.3) is 10.2 Å². The Labute approximate surface area is 133 Å². The van der Waals surface area contributed by atoms with Crippen molar-refractivity contribution in [3.63, 3.8) is 0 Å². The summed E-state index contributed by atoms with van der Waals surface area (Å²) in [6.07, 6.45) is 0. The number of rotatable bonds is 3. The molecule has 3 rings (SSSR count). The number of nitrogens with two attached hydrogens (primary N) is 1. The molecule has 122 valence electrons. The first-order valence-corrected chi connectivity index (χ1v) is 8.48. The van der Waals surface area contributed by atoms with Gasteiger partial charge >= 0.3 is 0 Å². The SMILES string of the molecule is CC(=O)Nc1ccc(C)cc1-c1n[nH]c2c1CN(S(N)(=O)=O)C2. The molecule has 1 aromatic heterocycles. The van der Waals surface area contributed by atoms with Crippen LogP contribution in [0, 0.1) is 6.92 Å². The minimum atomic E-state index is -3.76. The fourth-order valence-electron chi connectivity index (χ4n) is 2.67. The topological polar surface area (TPSA) is 121 Å². The van der Waals surface area contributed by atoms with Gasteiger partial charge in [-0.2, -0.15) is 17.8 Å². The normalized spacial score (nSPS) is 14.7. The molecule has 0 radical (unpaired) electrons. The Kier molecular flexibility index (Phi) is 3.71. The number of benzene rings is 1. The molecule has 0 saturated carbocycles. The number of amides is 1. The standard InChI is InChI=1S/C14H17N5O3S/c1-8-3-4-12(16-9(2)20)10(5-8)14-11-6-19(23(15,21)22)7-13(11)17-18-14/h3-5H,6-7H2,1-2H3,(H,16,20)(H,17,18)(H2,15,21,22). The summed E-state index contributed by atoms with van der Waals surface area (Å²) in [5.41, 5.74) is 4.49. The summed E-state index contributed by atoms with van der Waals surface area (Å²) in [7, 11) is -3.76. The van der Waals surface area contributed by atoms with Gasteiger partial charge in [0.05, 0.1) is 23.6 Å². The number of aromatic nitrogens is 2. The van der Waals surface area contributed by atoms with E-state index in [4.69, 9.17) is 5.14 Å². The second-order valence-electron chi connectivity index (χ2n) is 5.57. The number of nitrogens with one attached hydrogen (secondary N) is 2. The quantitative estimate of drug-likeness (QED) is 0.770. The number of aromatic amines is 1. The predicted molar refractivity (Wildman–Crippen MR) is 85.4 cm³/mol. The lowest BCUT2D eigenvalue weighted by molar-refractivity contribution is -0.114. The molecule has 1 aliphatic rings. The molecule has 0 atom stereocenters. The maximum absolute atomic E-state index is 11.5. The largest absolute Gasteiger partial charge is 0.326 e. The lowest BCUT2D eigenvalue weighted by Crippen LogP contribution is -2.32. The molecule has 0 fully saturated rings. The van der Waals surface area contributed by atoms with E-state index in [1.807, 2.05) is 19.1 Å². The van der Waals surface area contributed by atoms with Gasteiger partial charge in [0.15, 0.2) is 0 Å². The highest BCUT2D eigenvalue weighted by molar-refractivity contribution is 7.86. The van der Waals surface area contributed by atoms with E-state index in [1.54, 1.807) is 6.07 Å². The predicted octanol–water partition coefficient (Wildman–Crippen LogP) is 0.863. The molecule has 4 N–H and O–H groups in total. The summed E-state index contributed by atoms with van der Waals surface area (Å²) in [4.78, 5) is 11.4. The summed E-state index contributed by atoms with van der Waals surface area (Å²) in [5, 5.41) is 15.1. The maximum Gasteiger partial charge on any atom is 0.277 e. The zero-order valence-electron chi connectivity index (χ0n) is 12.8. The molecule has 0 bridgehead atoms. The van der Waals surface area contributed by atoms with Crippen LogP contribution < -0.4 is 10.5 Å². The molecule has 0 aliphatic carbocycles. The van der Waals surface area contributed by atoms with Crippen LogP contribution in [-0.2, 0) is 28.1 Å². The highest BCUT2D eigenvalue weighted by Crippen LogP contribution is 2.35. The van der Waals surface area contributed by atoms with Crippen molar-refractivity contribution in [2.45, 2.75) is 26.9 Å². The zero-order valence-corrected chi connectivity index (χ0v) is 13.6. The van der Waals surface area contributed by atoms with Crippen molar-refractivity contribution in [2.75, 3.05) is 5.32 Å². The van der Waals surface area contributed by atoms with Crippen LogP contribution in [0.25, 0.3) is 11.3 Å². The van der Waals surface area contributed by atoms with Crippen molar-refractivity contribution in [3.05, 3.63) is 35.0 Å². The van der Waals surface area contributed by atoms with Crippen molar-refractivity contribution in [1.29, 1.82) is 0 Å². The summed E-state index contributed by atoms with van der Waals surface area (Å²) in [5.74, 6) is -0.187. The lowest BCUT2D eigenvalue weighted by atomic mass is 10.0. The van der Waals surface area contributed by atoms with E-state index >= 15 is 0 Å². The molecule has 8 nitrogen and oxygen atoms in total. The van der Waals surface area contributed by atoms with E-state index in [1.165, 1.54) is 11.2 Å². The van der Waals surface area contributed by atoms with Crippen LogP contribution >= 0.6 is 0 Å². The highest BCUT2D eigenvalue weighted by Gasteiger charge is 2.31. The fraction of sp³-hybridized carbons (Fsp3) is 0.286. The second-order valence-corrected chi connectivity index (χ2v) is 7.12. The number of aryl methyl sites for hydroxylation is 1. The van der Waals surface area contributed by atoms with Crippen LogP contribution in [0.15, 0.2) is 18.2 Å². The Balaban J connectivity index is 2.06. The highest BCUT2D eigenvalue weighted by atomic mass is 32.2. The Morgan fingerprint density at radius 2 is 2.13 bits per heavy atom. The van der Waals surface area contributed by atoms with E-state index in [0.717, 1.165) is 16.7 Å². The average Bonchev–Trinajstić information content (AvgIpc) is 2.99. The van der Waals surface area contributed by atoms with Crippen LogP contribution in [0.2, 0.25) is 0 Å². The average molecular weight is 335 g/mol. The first-order valence-electron chi connectivity index (χ1n) is 6.98. The van der Waals surface area contributed by atoms with E-state index in [9.17, 15) is 13.2 Å². The number of fused-ring (bicyclic) bond motifs is 1. The third-order valence-corrected chi connectivity index (χ3v) is 4.70. The number of hydrogen-bond donors (Lipinski definition) is 3. The molecule has 0 spiro atoms. The molecule has 1 aromatic carbocycles. The van der Waals surface area contributed by atoms with Crippen LogP contribution in [0.4, 0.5) is 5.69 Å². The van der Waals surface area contributed by atoms with E-state index < -0.39 is 10.2 Å². The minimum absolute atomic E-state index is 0.160. The Bertz CT molecular complexity index is 888. The van der Waals surface area contributed by atoms with Crippen molar-refractivity contribution >= 4 is 21.8 Å². The first-order chi connectivity index (χ1) is 10.8. The Morgan fingerprint density at radius 1 is 1.39 bits per heavy atom. The minimum Gasteiger partial charge on any atom is -0.326 e. The van der Waals surface area contributed by atoms with E-state index in [0.29, 0.717) is 17.1 Å². The molecular weight excluding hydrogens is 318 g/mol. The number of H-pyrrole nitrogens is 1. The third-order valence-electron chi connectivity index (χ3n) is 3.72.